The van der Waals surface area contributed by atoms with Gasteiger partial charge in [-0.2, -0.15) is 0 Å². The van der Waals surface area contributed by atoms with Crippen molar-refractivity contribution in [1.29, 1.82) is 0 Å². The van der Waals surface area contributed by atoms with E-state index in [4.69, 9.17) is 15.6 Å². The summed E-state index contributed by atoms with van der Waals surface area (Å²) in [5.74, 6) is -1.38. The molecular weight excluding hydrogens is 334 g/mol. The summed E-state index contributed by atoms with van der Waals surface area (Å²) in [6.07, 6.45) is 1.59. The summed E-state index contributed by atoms with van der Waals surface area (Å²) in [5.41, 5.74) is 8.91. The molecule has 3 aromatic rings. The van der Waals surface area contributed by atoms with Crippen LogP contribution in [0.1, 0.15) is 16.8 Å². The molecule has 7 nitrogen and oxygen atoms in total. The highest BCUT2D eigenvalue weighted by Crippen LogP contribution is 2.33. The fraction of sp³-hybridized carbons (Fsp3) is 0.211. The zero-order valence-electron chi connectivity index (χ0n) is 14.3. The zero-order valence-corrected chi connectivity index (χ0v) is 14.3. The number of hydrogen-bond donors (Lipinski definition) is 2. The Morgan fingerprint density at radius 2 is 1.96 bits per heavy atom. The average molecular weight is 353 g/mol. The SMILES string of the molecule is Cc1c(CC(N)=O)c2c(OCC(=O)O)nccc2n1Cc1ccccc1. The van der Waals surface area contributed by atoms with Crippen LogP contribution in [0.3, 0.4) is 0 Å². The molecular formula is C19H19N3O4. The molecule has 0 radical (unpaired) electrons. The molecule has 2 heterocycles. The quantitative estimate of drug-likeness (QED) is 0.674. The number of primary amides is 1. The standard InChI is InChI=1S/C19H19N3O4/c1-12-14(9-16(20)23)18-15(7-8-21-19(18)26-11-17(24)25)22(12)10-13-5-3-2-4-6-13/h2-8H,9-11H2,1H3,(H2,20,23)(H,24,25). The van der Waals surface area contributed by atoms with E-state index in [1.807, 2.05) is 43.3 Å². The number of nitrogens with two attached hydrogens (primary N) is 1. The minimum Gasteiger partial charge on any atom is -0.479 e. The van der Waals surface area contributed by atoms with Crippen molar-refractivity contribution in [1.82, 2.24) is 9.55 Å². The van der Waals surface area contributed by atoms with Crippen LogP contribution >= 0.6 is 0 Å². The van der Waals surface area contributed by atoms with E-state index in [2.05, 4.69) is 9.55 Å². The number of pyridine rings is 1. The molecule has 0 saturated carbocycles. The number of carboxylic acid groups (broad SMARTS) is 1. The number of carboxylic acids is 1. The fourth-order valence-corrected chi connectivity index (χ4v) is 3.07. The van der Waals surface area contributed by atoms with Crippen molar-refractivity contribution in [3.63, 3.8) is 0 Å². The predicted molar refractivity (Wildman–Crippen MR) is 96.0 cm³/mol. The number of aromatic nitrogens is 2. The molecule has 3 rings (SSSR count). The third kappa shape index (κ3) is 3.51. The van der Waals surface area contributed by atoms with Gasteiger partial charge in [0.2, 0.25) is 11.8 Å². The zero-order chi connectivity index (χ0) is 18.7. The molecule has 7 heteroatoms. The van der Waals surface area contributed by atoms with Gasteiger partial charge in [0.25, 0.3) is 0 Å². The van der Waals surface area contributed by atoms with E-state index in [0.717, 1.165) is 16.8 Å². The average Bonchev–Trinajstić information content (AvgIpc) is 2.86. The molecule has 0 fully saturated rings. The minimum atomic E-state index is -1.10. The van der Waals surface area contributed by atoms with Crippen LogP contribution in [0.25, 0.3) is 10.9 Å². The van der Waals surface area contributed by atoms with Gasteiger partial charge in [-0.1, -0.05) is 30.3 Å². The monoisotopic (exact) mass is 353 g/mol. The number of hydrogen-bond acceptors (Lipinski definition) is 4. The number of nitrogens with zero attached hydrogens (tertiary/aromatic N) is 2. The van der Waals surface area contributed by atoms with Crippen molar-refractivity contribution in [2.45, 2.75) is 19.9 Å². The molecule has 134 valence electrons. The van der Waals surface area contributed by atoms with Gasteiger partial charge in [-0.15, -0.1) is 0 Å². The number of aliphatic carboxylic acids is 1. The topological polar surface area (TPSA) is 107 Å². The summed E-state index contributed by atoms with van der Waals surface area (Å²) in [7, 11) is 0. The molecule has 0 spiro atoms. The Kier molecular flexibility index (Phi) is 4.88. The minimum absolute atomic E-state index is 0.0270. The van der Waals surface area contributed by atoms with Crippen LogP contribution in [-0.4, -0.2) is 33.1 Å². The third-order valence-electron chi connectivity index (χ3n) is 4.20. The first-order valence-electron chi connectivity index (χ1n) is 8.11. The van der Waals surface area contributed by atoms with Gasteiger partial charge in [-0.05, 0) is 24.1 Å². The highest BCUT2D eigenvalue weighted by Gasteiger charge is 2.20. The number of benzene rings is 1. The van der Waals surface area contributed by atoms with Gasteiger partial charge in [0.05, 0.1) is 17.3 Å². The van der Waals surface area contributed by atoms with Crippen molar-refractivity contribution in [2.24, 2.45) is 5.73 Å². The third-order valence-corrected chi connectivity index (χ3v) is 4.20. The van der Waals surface area contributed by atoms with Crippen LogP contribution in [0.2, 0.25) is 0 Å². The van der Waals surface area contributed by atoms with Crippen molar-refractivity contribution < 1.29 is 19.4 Å². The highest BCUT2D eigenvalue weighted by atomic mass is 16.5. The first-order valence-corrected chi connectivity index (χ1v) is 8.11. The lowest BCUT2D eigenvalue weighted by Gasteiger charge is -2.09. The maximum atomic E-state index is 11.6. The fourth-order valence-electron chi connectivity index (χ4n) is 3.07. The second kappa shape index (κ2) is 7.26. The first kappa shape index (κ1) is 17.5. The lowest BCUT2D eigenvalue weighted by molar-refractivity contribution is -0.139. The van der Waals surface area contributed by atoms with Crippen LogP contribution in [0.5, 0.6) is 5.88 Å². The molecule has 0 atom stereocenters. The number of rotatable bonds is 7. The number of amides is 1. The van der Waals surface area contributed by atoms with E-state index in [1.165, 1.54) is 0 Å². The van der Waals surface area contributed by atoms with E-state index in [-0.39, 0.29) is 12.3 Å². The van der Waals surface area contributed by atoms with E-state index in [9.17, 15) is 9.59 Å². The van der Waals surface area contributed by atoms with Gasteiger partial charge in [0.1, 0.15) is 0 Å². The highest BCUT2D eigenvalue weighted by molar-refractivity contribution is 5.93. The lowest BCUT2D eigenvalue weighted by Crippen LogP contribution is -2.15. The van der Waals surface area contributed by atoms with Crippen molar-refractivity contribution in [3.8, 4) is 5.88 Å². The molecule has 1 amide bonds. The molecule has 2 aromatic heterocycles. The molecule has 1 aromatic carbocycles. The Morgan fingerprint density at radius 1 is 1.23 bits per heavy atom. The maximum absolute atomic E-state index is 11.6. The van der Waals surface area contributed by atoms with Gasteiger partial charge in [-0.25, -0.2) is 9.78 Å². The van der Waals surface area contributed by atoms with E-state index < -0.39 is 18.5 Å². The van der Waals surface area contributed by atoms with Gasteiger partial charge in [0, 0.05) is 18.4 Å². The Labute approximate surface area is 150 Å². The number of ether oxygens (including phenoxy) is 1. The molecule has 0 bridgehead atoms. The van der Waals surface area contributed by atoms with E-state index in [1.54, 1.807) is 6.20 Å². The van der Waals surface area contributed by atoms with Gasteiger partial charge in [0.15, 0.2) is 6.61 Å². The molecule has 0 aliphatic carbocycles. The van der Waals surface area contributed by atoms with Crippen LogP contribution in [0.4, 0.5) is 0 Å². The Bertz CT molecular complexity index is 964. The van der Waals surface area contributed by atoms with Crippen LogP contribution in [-0.2, 0) is 22.6 Å². The van der Waals surface area contributed by atoms with Gasteiger partial charge < -0.3 is 20.1 Å². The van der Waals surface area contributed by atoms with Crippen molar-refractivity contribution >= 4 is 22.8 Å². The molecule has 0 aliphatic rings. The Morgan fingerprint density at radius 3 is 2.62 bits per heavy atom. The van der Waals surface area contributed by atoms with E-state index in [0.29, 0.717) is 17.5 Å². The van der Waals surface area contributed by atoms with Gasteiger partial charge >= 0.3 is 5.97 Å². The molecule has 26 heavy (non-hydrogen) atoms. The first-order chi connectivity index (χ1) is 12.5. The Balaban J connectivity index is 2.15. The summed E-state index contributed by atoms with van der Waals surface area (Å²) < 4.78 is 7.40. The second-order valence-electron chi connectivity index (χ2n) is 5.97. The summed E-state index contributed by atoms with van der Waals surface area (Å²) in [6, 6.07) is 11.7. The number of fused-ring (bicyclic) bond motifs is 1. The molecule has 3 N–H and O–H groups in total. The molecule has 0 aliphatic heterocycles. The number of carbonyl (C=O) groups excluding carboxylic acids is 1. The summed E-state index contributed by atoms with van der Waals surface area (Å²) in [5, 5.41) is 9.51. The predicted octanol–water partition coefficient (Wildman–Crippen LogP) is 1.88. The van der Waals surface area contributed by atoms with Crippen LogP contribution < -0.4 is 10.5 Å². The molecule has 0 unspecified atom stereocenters. The maximum Gasteiger partial charge on any atom is 0.341 e. The van der Waals surface area contributed by atoms with E-state index >= 15 is 0 Å². The normalized spacial score (nSPS) is 10.8. The van der Waals surface area contributed by atoms with Crippen LogP contribution in [0.15, 0.2) is 42.6 Å². The van der Waals surface area contributed by atoms with Gasteiger partial charge in [-0.3, -0.25) is 4.79 Å². The largest absolute Gasteiger partial charge is 0.479 e. The summed E-state index contributed by atoms with van der Waals surface area (Å²) >= 11 is 0. The smallest absolute Gasteiger partial charge is 0.341 e. The van der Waals surface area contributed by atoms with Crippen molar-refractivity contribution in [3.05, 3.63) is 59.4 Å². The van der Waals surface area contributed by atoms with Crippen molar-refractivity contribution in [2.75, 3.05) is 6.61 Å². The van der Waals surface area contributed by atoms with Crippen LogP contribution in [0, 0.1) is 6.92 Å². The second-order valence-corrected chi connectivity index (χ2v) is 5.97. The lowest BCUT2D eigenvalue weighted by atomic mass is 10.1. The molecule has 0 saturated heterocycles. The summed E-state index contributed by atoms with van der Waals surface area (Å²) in [4.78, 5) is 26.6. The Hall–Kier alpha value is -3.35. The number of carbonyl (C=O) groups is 2. The summed E-state index contributed by atoms with van der Waals surface area (Å²) in [6.45, 7) is 2.00.